The first kappa shape index (κ1) is 13.8. The number of nitrogens with zero attached hydrogens (tertiary/aromatic N) is 1. The Labute approximate surface area is 114 Å². The molecule has 0 amide bonds. The van der Waals surface area contributed by atoms with Crippen molar-refractivity contribution in [3.05, 3.63) is 35.4 Å². The SMILES string of the molecule is COCC(C)NC(=NCC1Cc2ccccc21)NN. The van der Waals surface area contributed by atoms with Crippen LogP contribution in [-0.4, -0.2) is 32.3 Å². The lowest BCUT2D eigenvalue weighted by Gasteiger charge is -2.29. The third-order valence-corrected chi connectivity index (χ3v) is 3.37. The van der Waals surface area contributed by atoms with Gasteiger partial charge in [-0.15, -0.1) is 0 Å². The van der Waals surface area contributed by atoms with Crippen molar-refractivity contribution in [3.63, 3.8) is 0 Å². The van der Waals surface area contributed by atoms with Gasteiger partial charge in [-0.1, -0.05) is 24.3 Å². The van der Waals surface area contributed by atoms with Crippen molar-refractivity contribution in [2.24, 2.45) is 10.8 Å². The van der Waals surface area contributed by atoms with Crippen LogP contribution in [-0.2, 0) is 11.2 Å². The molecule has 0 saturated heterocycles. The van der Waals surface area contributed by atoms with E-state index >= 15 is 0 Å². The Morgan fingerprint density at radius 1 is 1.53 bits per heavy atom. The van der Waals surface area contributed by atoms with Gasteiger partial charge in [-0.2, -0.15) is 0 Å². The van der Waals surface area contributed by atoms with Crippen molar-refractivity contribution in [2.45, 2.75) is 25.3 Å². The summed E-state index contributed by atoms with van der Waals surface area (Å²) in [5, 5.41) is 3.18. The highest BCUT2D eigenvalue weighted by Crippen LogP contribution is 2.34. The Balaban J connectivity index is 1.87. The third-order valence-electron chi connectivity index (χ3n) is 3.37. The smallest absolute Gasteiger partial charge is 0.206 e. The van der Waals surface area contributed by atoms with Gasteiger partial charge in [0.25, 0.3) is 0 Å². The summed E-state index contributed by atoms with van der Waals surface area (Å²) in [6.45, 7) is 3.39. The quantitative estimate of drug-likeness (QED) is 0.317. The largest absolute Gasteiger partial charge is 0.383 e. The molecule has 19 heavy (non-hydrogen) atoms. The van der Waals surface area contributed by atoms with Crippen LogP contribution in [0.3, 0.4) is 0 Å². The topological polar surface area (TPSA) is 71.7 Å². The van der Waals surface area contributed by atoms with Gasteiger partial charge in [0.1, 0.15) is 0 Å². The number of aliphatic imine (C=N–C) groups is 1. The van der Waals surface area contributed by atoms with Crippen molar-refractivity contribution in [3.8, 4) is 0 Å². The van der Waals surface area contributed by atoms with E-state index in [1.165, 1.54) is 11.1 Å². The summed E-state index contributed by atoms with van der Waals surface area (Å²) < 4.78 is 5.07. The molecule has 0 aliphatic heterocycles. The number of hydrogen-bond donors (Lipinski definition) is 3. The number of guanidine groups is 1. The average Bonchev–Trinajstić information content (AvgIpc) is 2.38. The molecule has 2 unspecified atom stereocenters. The molecular formula is C14H22N4O. The standard InChI is InChI=1S/C14H22N4O/c1-10(9-19-2)17-14(18-15)16-8-12-7-11-5-3-4-6-13(11)12/h3-6,10,12H,7-9,15H2,1-2H3,(H2,16,17,18). The van der Waals surface area contributed by atoms with Crippen molar-refractivity contribution in [1.82, 2.24) is 10.7 Å². The number of benzene rings is 1. The minimum Gasteiger partial charge on any atom is -0.383 e. The summed E-state index contributed by atoms with van der Waals surface area (Å²) in [6, 6.07) is 8.69. The molecule has 0 aromatic heterocycles. The lowest BCUT2D eigenvalue weighted by atomic mass is 9.78. The minimum atomic E-state index is 0.175. The van der Waals surface area contributed by atoms with E-state index in [1.54, 1.807) is 7.11 Å². The number of nitrogens with two attached hydrogens (primary N) is 1. The third kappa shape index (κ3) is 3.45. The second-order valence-corrected chi connectivity index (χ2v) is 4.93. The van der Waals surface area contributed by atoms with Gasteiger partial charge < -0.3 is 10.1 Å². The molecule has 1 aliphatic rings. The Bertz CT molecular complexity index is 447. The fourth-order valence-corrected chi connectivity index (χ4v) is 2.39. The zero-order valence-electron chi connectivity index (χ0n) is 11.5. The fourth-order valence-electron chi connectivity index (χ4n) is 2.39. The van der Waals surface area contributed by atoms with Crippen LogP contribution in [0.2, 0.25) is 0 Å². The van der Waals surface area contributed by atoms with Gasteiger partial charge >= 0.3 is 0 Å². The Morgan fingerprint density at radius 2 is 2.32 bits per heavy atom. The zero-order chi connectivity index (χ0) is 13.7. The van der Waals surface area contributed by atoms with Crippen LogP contribution in [0.25, 0.3) is 0 Å². The van der Waals surface area contributed by atoms with Crippen LogP contribution in [0, 0.1) is 0 Å². The van der Waals surface area contributed by atoms with Gasteiger partial charge in [0.2, 0.25) is 5.96 Å². The van der Waals surface area contributed by atoms with E-state index in [9.17, 15) is 0 Å². The van der Waals surface area contributed by atoms with E-state index in [2.05, 4.69) is 40.0 Å². The van der Waals surface area contributed by atoms with E-state index in [4.69, 9.17) is 10.6 Å². The second-order valence-electron chi connectivity index (χ2n) is 4.93. The maximum Gasteiger partial charge on any atom is 0.206 e. The zero-order valence-corrected chi connectivity index (χ0v) is 11.5. The van der Waals surface area contributed by atoms with Gasteiger partial charge in [-0.25, -0.2) is 5.84 Å². The first-order valence-electron chi connectivity index (χ1n) is 6.59. The molecule has 2 rings (SSSR count). The number of hydrazine groups is 1. The van der Waals surface area contributed by atoms with Gasteiger partial charge in [-0.3, -0.25) is 10.4 Å². The van der Waals surface area contributed by atoms with E-state index in [0.29, 0.717) is 18.5 Å². The minimum absolute atomic E-state index is 0.175. The highest BCUT2D eigenvalue weighted by molar-refractivity contribution is 5.79. The van der Waals surface area contributed by atoms with Gasteiger partial charge in [0, 0.05) is 25.6 Å². The average molecular weight is 262 g/mol. The predicted molar refractivity (Wildman–Crippen MR) is 77.0 cm³/mol. The summed E-state index contributed by atoms with van der Waals surface area (Å²) in [6.07, 6.45) is 1.10. The van der Waals surface area contributed by atoms with Crippen LogP contribution in [0.1, 0.15) is 24.0 Å². The summed E-state index contributed by atoms with van der Waals surface area (Å²) in [5.41, 5.74) is 5.45. The lowest BCUT2D eigenvalue weighted by molar-refractivity contribution is 0.179. The maximum atomic E-state index is 5.47. The Morgan fingerprint density at radius 3 is 3.00 bits per heavy atom. The molecule has 0 fully saturated rings. The van der Waals surface area contributed by atoms with Crippen molar-refractivity contribution in [2.75, 3.05) is 20.3 Å². The molecule has 0 bridgehead atoms. The summed E-state index contributed by atoms with van der Waals surface area (Å²) in [5.74, 6) is 6.61. The van der Waals surface area contributed by atoms with E-state index in [1.807, 2.05) is 6.92 Å². The molecule has 0 spiro atoms. The van der Waals surface area contributed by atoms with Gasteiger partial charge in [0.05, 0.1) is 6.61 Å². The molecule has 1 aromatic carbocycles. The predicted octanol–water partition coefficient (Wildman–Crippen LogP) is 0.770. The van der Waals surface area contributed by atoms with Crippen molar-refractivity contribution >= 4 is 5.96 Å². The number of methoxy groups -OCH3 is 1. The number of nitrogens with one attached hydrogen (secondary N) is 2. The van der Waals surface area contributed by atoms with Crippen LogP contribution >= 0.6 is 0 Å². The number of rotatable bonds is 5. The van der Waals surface area contributed by atoms with E-state index in [0.717, 1.165) is 13.0 Å². The maximum absolute atomic E-state index is 5.47. The molecule has 4 N–H and O–H groups in total. The molecule has 0 radical (unpaired) electrons. The van der Waals surface area contributed by atoms with E-state index < -0.39 is 0 Å². The second kappa shape index (κ2) is 6.54. The summed E-state index contributed by atoms with van der Waals surface area (Å²) >= 11 is 0. The summed E-state index contributed by atoms with van der Waals surface area (Å²) in [7, 11) is 1.68. The normalized spacial score (nSPS) is 19.3. The first-order valence-corrected chi connectivity index (χ1v) is 6.59. The fraction of sp³-hybridized carbons (Fsp3) is 0.500. The van der Waals surface area contributed by atoms with E-state index in [-0.39, 0.29) is 6.04 Å². The Hall–Kier alpha value is -1.59. The molecule has 0 heterocycles. The number of hydrogen-bond acceptors (Lipinski definition) is 3. The molecule has 5 heteroatoms. The monoisotopic (exact) mass is 262 g/mol. The first-order chi connectivity index (χ1) is 9.24. The molecule has 1 aliphatic carbocycles. The van der Waals surface area contributed by atoms with Gasteiger partial charge in [0.15, 0.2) is 0 Å². The summed E-state index contributed by atoms with van der Waals surface area (Å²) in [4.78, 5) is 4.50. The van der Waals surface area contributed by atoms with Crippen LogP contribution < -0.4 is 16.6 Å². The highest BCUT2D eigenvalue weighted by atomic mass is 16.5. The molecule has 5 nitrogen and oxygen atoms in total. The van der Waals surface area contributed by atoms with Crippen LogP contribution in [0.15, 0.2) is 29.3 Å². The Kier molecular flexibility index (Phi) is 4.76. The molecule has 0 saturated carbocycles. The van der Waals surface area contributed by atoms with Crippen molar-refractivity contribution < 1.29 is 4.74 Å². The van der Waals surface area contributed by atoms with Crippen molar-refractivity contribution in [1.29, 1.82) is 0 Å². The molecule has 1 aromatic rings. The van der Waals surface area contributed by atoms with Crippen LogP contribution in [0.5, 0.6) is 0 Å². The molecule has 104 valence electrons. The molecule has 2 atom stereocenters. The highest BCUT2D eigenvalue weighted by Gasteiger charge is 2.24. The molecular weight excluding hydrogens is 240 g/mol. The van der Waals surface area contributed by atoms with Gasteiger partial charge in [-0.05, 0) is 24.5 Å². The number of ether oxygens (including phenoxy) is 1. The number of fused-ring (bicyclic) bond motifs is 1. The lowest BCUT2D eigenvalue weighted by Crippen LogP contribution is -2.47. The van der Waals surface area contributed by atoms with Crippen LogP contribution in [0.4, 0.5) is 0 Å².